The molecule has 3 nitrogen and oxygen atoms in total. The van der Waals surface area contributed by atoms with Crippen LogP contribution in [0.15, 0.2) is 48.5 Å². The van der Waals surface area contributed by atoms with Crippen molar-refractivity contribution in [3.8, 4) is 5.75 Å². The van der Waals surface area contributed by atoms with Crippen molar-refractivity contribution in [1.82, 2.24) is 0 Å². The van der Waals surface area contributed by atoms with Crippen LogP contribution in [0.2, 0.25) is 0 Å². The number of ether oxygens (including phenoxy) is 1. The number of methoxy groups -OCH3 is 1. The van der Waals surface area contributed by atoms with Crippen LogP contribution in [-0.2, 0) is 12.0 Å². The molecule has 0 amide bonds. The standard InChI is InChI=1S/C21H25NO2/c1-4-21(2)18-7-5-6-8-19(18)22-20(21)12-10-15-9-11-17(24-3)13-16(15)14-23/h5-13,20,22-23H,4,14H2,1-3H3. The third kappa shape index (κ3) is 2.80. The Morgan fingerprint density at radius 1 is 1.25 bits per heavy atom. The monoisotopic (exact) mass is 323 g/mol. The van der Waals surface area contributed by atoms with Crippen molar-refractivity contribution in [1.29, 1.82) is 0 Å². The molecule has 2 atom stereocenters. The van der Waals surface area contributed by atoms with Gasteiger partial charge in [-0.05, 0) is 41.3 Å². The van der Waals surface area contributed by atoms with Crippen LogP contribution in [0.1, 0.15) is 37.0 Å². The normalized spacial score (nSPS) is 22.4. The maximum Gasteiger partial charge on any atom is 0.119 e. The summed E-state index contributed by atoms with van der Waals surface area (Å²) in [4.78, 5) is 0. The highest BCUT2D eigenvalue weighted by Crippen LogP contribution is 2.43. The van der Waals surface area contributed by atoms with E-state index in [2.05, 4.69) is 55.6 Å². The fourth-order valence-electron chi connectivity index (χ4n) is 3.48. The number of hydrogen-bond donors (Lipinski definition) is 2. The molecule has 3 rings (SSSR count). The van der Waals surface area contributed by atoms with Crippen LogP contribution < -0.4 is 10.1 Å². The number of nitrogens with one attached hydrogen (secondary N) is 1. The van der Waals surface area contributed by atoms with Gasteiger partial charge in [0.2, 0.25) is 0 Å². The fraction of sp³-hybridized carbons (Fsp3) is 0.333. The fourth-order valence-corrected chi connectivity index (χ4v) is 3.48. The van der Waals surface area contributed by atoms with Gasteiger partial charge in [-0.3, -0.25) is 0 Å². The smallest absolute Gasteiger partial charge is 0.119 e. The number of aliphatic hydroxyl groups is 1. The Balaban J connectivity index is 1.90. The molecule has 2 aromatic rings. The summed E-state index contributed by atoms with van der Waals surface area (Å²) in [5.74, 6) is 0.765. The van der Waals surface area contributed by atoms with Gasteiger partial charge in [0, 0.05) is 11.1 Å². The van der Waals surface area contributed by atoms with E-state index in [1.54, 1.807) is 7.11 Å². The quantitative estimate of drug-likeness (QED) is 0.859. The van der Waals surface area contributed by atoms with Gasteiger partial charge < -0.3 is 15.2 Å². The molecule has 0 saturated heterocycles. The Bertz CT molecular complexity index is 753. The molecular weight excluding hydrogens is 298 g/mol. The third-order valence-corrected chi connectivity index (χ3v) is 5.26. The zero-order chi connectivity index (χ0) is 17.2. The van der Waals surface area contributed by atoms with E-state index in [1.807, 2.05) is 18.2 Å². The molecule has 0 spiro atoms. The highest BCUT2D eigenvalue weighted by atomic mass is 16.5. The van der Waals surface area contributed by atoms with Crippen LogP contribution in [0.25, 0.3) is 6.08 Å². The Kier molecular flexibility index (Phi) is 4.63. The van der Waals surface area contributed by atoms with E-state index >= 15 is 0 Å². The van der Waals surface area contributed by atoms with Gasteiger partial charge in [-0.25, -0.2) is 0 Å². The van der Waals surface area contributed by atoms with Crippen molar-refractivity contribution in [2.75, 3.05) is 12.4 Å². The average molecular weight is 323 g/mol. The van der Waals surface area contributed by atoms with Gasteiger partial charge in [0.1, 0.15) is 5.75 Å². The van der Waals surface area contributed by atoms with Gasteiger partial charge in [-0.15, -0.1) is 0 Å². The zero-order valence-corrected chi connectivity index (χ0v) is 14.5. The zero-order valence-electron chi connectivity index (χ0n) is 14.5. The molecule has 0 aromatic heterocycles. The SMILES string of the molecule is CCC1(C)c2ccccc2NC1C=Cc1ccc(OC)cc1CO. The first-order chi connectivity index (χ1) is 11.6. The van der Waals surface area contributed by atoms with Crippen molar-refractivity contribution in [3.05, 3.63) is 65.2 Å². The second kappa shape index (κ2) is 6.70. The molecule has 0 fully saturated rings. The highest BCUT2D eigenvalue weighted by molar-refractivity contribution is 5.65. The summed E-state index contributed by atoms with van der Waals surface area (Å²) in [6.45, 7) is 4.54. The second-order valence-corrected chi connectivity index (χ2v) is 6.52. The summed E-state index contributed by atoms with van der Waals surface area (Å²) < 4.78 is 5.23. The van der Waals surface area contributed by atoms with Crippen LogP contribution in [0.3, 0.4) is 0 Å². The van der Waals surface area contributed by atoms with Gasteiger partial charge in [0.25, 0.3) is 0 Å². The number of rotatable bonds is 5. The molecular formula is C21H25NO2. The lowest BCUT2D eigenvalue weighted by molar-refractivity contribution is 0.280. The van der Waals surface area contributed by atoms with E-state index in [4.69, 9.17) is 4.74 Å². The molecule has 0 bridgehead atoms. The van der Waals surface area contributed by atoms with Crippen LogP contribution >= 0.6 is 0 Å². The van der Waals surface area contributed by atoms with Crippen molar-refractivity contribution in [3.63, 3.8) is 0 Å². The molecule has 1 aliphatic rings. The first kappa shape index (κ1) is 16.6. The van der Waals surface area contributed by atoms with Crippen molar-refractivity contribution in [2.24, 2.45) is 0 Å². The summed E-state index contributed by atoms with van der Waals surface area (Å²) in [6.07, 6.45) is 5.37. The minimum absolute atomic E-state index is 0.000238. The van der Waals surface area contributed by atoms with Crippen LogP contribution in [-0.4, -0.2) is 18.3 Å². The van der Waals surface area contributed by atoms with Gasteiger partial charge in [-0.2, -0.15) is 0 Å². The summed E-state index contributed by atoms with van der Waals surface area (Å²) in [6, 6.07) is 14.6. The van der Waals surface area contributed by atoms with E-state index < -0.39 is 0 Å². The molecule has 1 aliphatic heterocycles. The molecule has 0 saturated carbocycles. The lowest BCUT2D eigenvalue weighted by Gasteiger charge is -2.29. The topological polar surface area (TPSA) is 41.5 Å². The minimum atomic E-state index is 0.000238. The number of aliphatic hydroxyl groups excluding tert-OH is 1. The van der Waals surface area contributed by atoms with Crippen molar-refractivity contribution >= 4 is 11.8 Å². The Morgan fingerprint density at radius 3 is 2.75 bits per heavy atom. The summed E-state index contributed by atoms with van der Waals surface area (Å²) >= 11 is 0. The number of hydrogen-bond acceptors (Lipinski definition) is 3. The van der Waals surface area contributed by atoms with Gasteiger partial charge in [-0.1, -0.05) is 50.3 Å². The number of benzene rings is 2. The predicted octanol–water partition coefficient (Wildman–Crippen LogP) is 4.36. The lowest BCUT2D eigenvalue weighted by atomic mass is 9.76. The molecule has 2 aromatic carbocycles. The second-order valence-electron chi connectivity index (χ2n) is 6.52. The number of para-hydroxylation sites is 1. The van der Waals surface area contributed by atoms with E-state index in [9.17, 15) is 5.11 Å². The van der Waals surface area contributed by atoms with Crippen LogP contribution in [0.5, 0.6) is 5.75 Å². The summed E-state index contributed by atoms with van der Waals surface area (Å²) in [7, 11) is 1.64. The largest absolute Gasteiger partial charge is 0.497 e. The van der Waals surface area contributed by atoms with Crippen LogP contribution in [0.4, 0.5) is 5.69 Å². The third-order valence-electron chi connectivity index (χ3n) is 5.26. The van der Waals surface area contributed by atoms with E-state index in [-0.39, 0.29) is 18.1 Å². The molecule has 1 heterocycles. The summed E-state index contributed by atoms with van der Waals surface area (Å²) in [5.41, 5.74) is 4.56. The summed E-state index contributed by atoms with van der Waals surface area (Å²) in [5, 5.41) is 13.2. The van der Waals surface area contributed by atoms with Crippen molar-refractivity contribution < 1.29 is 9.84 Å². The number of anilines is 1. The maximum absolute atomic E-state index is 9.62. The highest BCUT2D eigenvalue weighted by Gasteiger charge is 2.39. The molecule has 2 N–H and O–H groups in total. The van der Waals surface area contributed by atoms with Gasteiger partial charge in [0.15, 0.2) is 0 Å². The first-order valence-corrected chi connectivity index (χ1v) is 8.44. The predicted molar refractivity (Wildman–Crippen MR) is 99.4 cm³/mol. The minimum Gasteiger partial charge on any atom is -0.497 e. The van der Waals surface area contributed by atoms with Gasteiger partial charge >= 0.3 is 0 Å². The average Bonchev–Trinajstić information content (AvgIpc) is 2.92. The Labute approximate surface area is 144 Å². The molecule has 0 aliphatic carbocycles. The maximum atomic E-state index is 9.62. The lowest BCUT2D eigenvalue weighted by Crippen LogP contribution is -2.33. The van der Waals surface area contributed by atoms with E-state index in [0.29, 0.717) is 0 Å². The first-order valence-electron chi connectivity index (χ1n) is 8.44. The number of fused-ring (bicyclic) bond motifs is 1. The molecule has 0 radical (unpaired) electrons. The molecule has 3 heteroatoms. The molecule has 24 heavy (non-hydrogen) atoms. The van der Waals surface area contributed by atoms with E-state index in [0.717, 1.165) is 23.3 Å². The molecule has 126 valence electrons. The van der Waals surface area contributed by atoms with Gasteiger partial charge in [0.05, 0.1) is 19.8 Å². The van der Waals surface area contributed by atoms with Crippen molar-refractivity contribution in [2.45, 2.75) is 38.3 Å². The Morgan fingerprint density at radius 2 is 2.04 bits per heavy atom. The Hall–Kier alpha value is -2.26. The molecule has 2 unspecified atom stereocenters. The van der Waals surface area contributed by atoms with E-state index in [1.165, 1.54) is 11.3 Å². The van der Waals surface area contributed by atoms with Crippen LogP contribution in [0, 0.1) is 0 Å².